The molecule has 0 aliphatic heterocycles. The van der Waals surface area contributed by atoms with Gasteiger partial charge in [-0.05, 0) is 12.8 Å². The number of phosphoric ester groups is 1. The fraction of sp³-hybridized carbons (Fsp3) is 0.939. The second-order valence-corrected chi connectivity index (χ2v) is 14.4. The largest absolute Gasteiger partial charge is 0.472 e. The summed E-state index contributed by atoms with van der Waals surface area (Å²) < 4.78 is 33.9. The lowest BCUT2D eigenvalue weighted by Crippen LogP contribution is -2.37. The van der Waals surface area contributed by atoms with Crippen molar-refractivity contribution in [3.63, 3.8) is 0 Å². The molecule has 256 valence electrons. The van der Waals surface area contributed by atoms with Gasteiger partial charge in [0.15, 0.2) is 6.10 Å². The van der Waals surface area contributed by atoms with Crippen LogP contribution in [0.3, 0.4) is 0 Å². The van der Waals surface area contributed by atoms with Crippen LogP contribution in [0.15, 0.2) is 0 Å². The maximum absolute atomic E-state index is 12.5. The smallest absolute Gasteiger partial charge is 0.462 e. The Morgan fingerprint density at radius 2 is 1.05 bits per heavy atom. The SMILES string of the molecule is CCCCCCCCCCCCCCCC(=O)O[C@H](COC(=O)CCCCCCCC)COP(=O)(O)OCC[N+](C)(C)C. The molecular weight excluding hydrogens is 569 g/mol. The number of phosphoric acid groups is 1. The molecule has 0 aromatic rings. The van der Waals surface area contributed by atoms with Crippen molar-refractivity contribution in [1.82, 2.24) is 0 Å². The van der Waals surface area contributed by atoms with E-state index < -0.39 is 26.5 Å². The minimum Gasteiger partial charge on any atom is -0.462 e. The second-order valence-electron chi connectivity index (χ2n) is 12.9. The normalized spacial score (nSPS) is 13.9. The molecule has 0 rings (SSSR count). The fourth-order valence-corrected chi connectivity index (χ4v) is 5.34. The summed E-state index contributed by atoms with van der Waals surface area (Å²) in [6.07, 6.45) is 21.7. The molecule has 1 N–H and O–H groups in total. The Labute approximate surface area is 264 Å². The van der Waals surface area contributed by atoms with E-state index in [1.54, 1.807) is 0 Å². The molecule has 43 heavy (non-hydrogen) atoms. The summed E-state index contributed by atoms with van der Waals surface area (Å²) in [5.41, 5.74) is 0. The number of esters is 2. The van der Waals surface area contributed by atoms with Gasteiger partial charge in [0.1, 0.15) is 19.8 Å². The summed E-state index contributed by atoms with van der Waals surface area (Å²) in [5.74, 6) is -0.804. The molecule has 0 amide bonds. The second kappa shape index (κ2) is 27.3. The van der Waals surface area contributed by atoms with Crippen molar-refractivity contribution in [3.05, 3.63) is 0 Å². The number of quaternary nitrogens is 1. The zero-order chi connectivity index (χ0) is 32.2. The summed E-state index contributed by atoms with van der Waals surface area (Å²) in [5, 5.41) is 0. The Morgan fingerprint density at radius 3 is 1.49 bits per heavy atom. The number of unbranched alkanes of at least 4 members (excludes halogenated alkanes) is 17. The lowest BCUT2D eigenvalue weighted by molar-refractivity contribution is -0.870. The Balaban J connectivity index is 4.42. The Kier molecular flexibility index (Phi) is 26.7. The quantitative estimate of drug-likeness (QED) is 0.0349. The van der Waals surface area contributed by atoms with Crippen molar-refractivity contribution in [2.24, 2.45) is 0 Å². The van der Waals surface area contributed by atoms with Crippen molar-refractivity contribution >= 4 is 19.8 Å². The molecule has 0 aliphatic carbocycles. The Morgan fingerprint density at radius 1 is 0.628 bits per heavy atom. The van der Waals surface area contributed by atoms with Gasteiger partial charge in [-0.2, -0.15) is 0 Å². The van der Waals surface area contributed by atoms with Crippen molar-refractivity contribution in [2.75, 3.05) is 47.5 Å². The molecule has 0 aliphatic rings. The summed E-state index contributed by atoms with van der Waals surface area (Å²) in [7, 11) is 1.48. The maximum Gasteiger partial charge on any atom is 0.472 e. The lowest BCUT2D eigenvalue weighted by atomic mass is 10.0. The standard InChI is InChI=1S/C33H66NO8P/c1-6-8-10-12-14-15-16-17-18-19-20-22-24-26-33(36)42-31(29-39-32(35)25-23-21-13-11-9-7-2)30-41-43(37,38)40-28-27-34(3,4)5/h31H,6-30H2,1-5H3/p+1/t31-/m1/s1. The van der Waals surface area contributed by atoms with E-state index in [-0.39, 0.29) is 25.6 Å². The summed E-state index contributed by atoms with van der Waals surface area (Å²) in [6.45, 7) is 4.34. The van der Waals surface area contributed by atoms with E-state index in [9.17, 15) is 19.0 Å². The van der Waals surface area contributed by atoms with Gasteiger partial charge in [-0.3, -0.25) is 18.6 Å². The van der Waals surface area contributed by atoms with Gasteiger partial charge >= 0.3 is 19.8 Å². The van der Waals surface area contributed by atoms with Crippen LogP contribution in [0.5, 0.6) is 0 Å². The third-order valence-corrected chi connectivity index (χ3v) is 8.37. The summed E-state index contributed by atoms with van der Waals surface area (Å²) >= 11 is 0. The first-order valence-corrected chi connectivity index (χ1v) is 18.8. The third kappa shape index (κ3) is 30.8. The van der Waals surface area contributed by atoms with Gasteiger partial charge < -0.3 is 18.9 Å². The highest BCUT2D eigenvalue weighted by Gasteiger charge is 2.27. The highest BCUT2D eigenvalue weighted by atomic mass is 31.2. The molecule has 1 unspecified atom stereocenters. The highest BCUT2D eigenvalue weighted by Crippen LogP contribution is 2.43. The molecular formula is C33H67NO8P+. The lowest BCUT2D eigenvalue weighted by Gasteiger charge is -2.24. The number of carbonyl (C=O) groups is 2. The third-order valence-electron chi connectivity index (χ3n) is 7.39. The van der Waals surface area contributed by atoms with E-state index in [1.807, 2.05) is 21.1 Å². The molecule has 0 saturated heterocycles. The Hall–Kier alpha value is -0.990. The Bertz CT molecular complexity index is 728. The van der Waals surface area contributed by atoms with Gasteiger partial charge in [-0.25, -0.2) is 4.57 Å². The van der Waals surface area contributed by atoms with Crippen molar-refractivity contribution < 1.29 is 42.1 Å². The zero-order valence-corrected chi connectivity index (χ0v) is 29.3. The van der Waals surface area contributed by atoms with Crippen LogP contribution in [0, 0.1) is 0 Å². The zero-order valence-electron chi connectivity index (χ0n) is 28.5. The molecule has 9 nitrogen and oxygen atoms in total. The van der Waals surface area contributed by atoms with E-state index in [2.05, 4.69) is 13.8 Å². The van der Waals surface area contributed by atoms with E-state index >= 15 is 0 Å². The van der Waals surface area contributed by atoms with Crippen LogP contribution in [0.4, 0.5) is 0 Å². The van der Waals surface area contributed by atoms with Gasteiger partial charge in [0, 0.05) is 12.8 Å². The molecule has 0 fully saturated rings. The van der Waals surface area contributed by atoms with Crippen molar-refractivity contribution in [1.29, 1.82) is 0 Å². The van der Waals surface area contributed by atoms with Crippen LogP contribution >= 0.6 is 7.82 Å². The number of carbonyl (C=O) groups excluding carboxylic acids is 2. The molecule has 0 aromatic carbocycles. The molecule has 0 aromatic heterocycles. The number of rotatable bonds is 31. The van der Waals surface area contributed by atoms with E-state index in [4.69, 9.17) is 18.5 Å². The van der Waals surface area contributed by atoms with Gasteiger partial charge in [0.2, 0.25) is 0 Å². The van der Waals surface area contributed by atoms with Gasteiger partial charge in [0.05, 0.1) is 27.7 Å². The van der Waals surface area contributed by atoms with Crippen molar-refractivity contribution in [3.8, 4) is 0 Å². The highest BCUT2D eigenvalue weighted by molar-refractivity contribution is 7.47. The van der Waals surface area contributed by atoms with Crippen LogP contribution in [0.1, 0.15) is 149 Å². The molecule has 0 spiro atoms. The van der Waals surface area contributed by atoms with E-state index in [0.717, 1.165) is 38.5 Å². The number of likely N-dealkylation sites (N-methyl/N-ethyl adjacent to an activating group) is 1. The molecule has 2 atom stereocenters. The van der Waals surface area contributed by atoms with Crippen LogP contribution < -0.4 is 0 Å². The van der Waals surface area contributed by atoms with E-state index in [1.165, 1.54) is 77.0 Å². The van der Waals surface area contributed by atoms with Crippen LogP contribution in [0.2, 0.25) is 0 Å². The maximum atomic E-state index is 12.5. The molecule has 0 heterocycles. The predicted octanol–water partition coefficient (Wildman–Crippen LogP) is 8.51. The number of nitrogens with zero attached hydrogens (tertiary/aromatic N) is 1. The van der Waals surface area contributed by atoms with E-state index in [0.29, 0.717) is 23.9 Å². The van der Waals surface area contributed by atoms with Crippen molar-refractivity contribution in [2.45, 2.75) is 155 Å². The minimum absolute atomic E-state index is 0.0357. The van der Waals surface area contributed by atoms with Gasteiger partial charge in [-0.15, -0.1) is 0 Å². The molecule has 10 heteroatoms. The summed E-state index contributed by atoms with van der Waals surface area (Å²) in [6, 6.07) is 0. The topological polar surface area (TPSA) is 108 Å². The monoisotopic (exact) mass is 636 g/mol. The summed E-state index contributed by atoms with van der Waals surface area (Å²) in [4.78, 5) is 34.8. The predicted molar refractivity (Wildman–Crippen MR) is 174 cm³/mol. The average Bonchev–Trinajstić information content (AvgIpc) is 2.93. The van der Waals surface area contributed by atoms with Gasteiger partial charge in [-0.1, -0.05) is 123 Å². The first-order valence-electron chi connectivity index (χ1n) is 17.3. The number of hydrogen-bond donors (Lipinski definition) is 1. The van der Waals surface area contributed by atoms with Crippen LogP contribution in [-0.4, -0.2) is 74.9 Å². The minimum atomic E-state index is -4.35. The van der Waals surface area contributed by atoms with Crippen LogP contribution in [0.25, 0.3) is 0 Å². The first-order chi connectivity index (χ1) is 20.5. The molecule has 0 radical (unpaired) electrons. The van der Waals surface area contributed by atoms with Gasteiger partial charge in [0.25, 0.3) is 0 Å². The molecule has 0 bridgehead atoms. The first kappa shape index (κ1) is 42.0. The number of hydrogen-bond acceptors (Lipinski definition) is 7. The number of ether oxygens (including phenoxy) is 2. The molecule has 0 saturated carbocycles. The fourth-order valence-electron chi connectivity index (χ4n) is 4.60. The average molecular weight is 637 g/mol. The van der Waals surface area contributed by atoms with Crippen LogP contribution in [-0.2, 0) is 32.7 Å².